The van der Waals surface area contributed by atoms with E-state index in [-0.39, 0.29) is 18.2 Å². The van der Waals surface area contributed by atoms with Crippen LogP contribution in [-0.4, -0.2) is 19.3 Å². The van der Waals surface area contributed by atoms with E-state index in [1.165, 1.54) is 18.2 Å². The van der Waals surface area contributed by atoms with E-state index in [4.69, 9.17) is 4.74 Å². The second kappa shape index (κ2) is 4.68. The number of nitrogens with one attached hydrogen (secondary N) is 1. The van der Waals surface area contributed by atoms with E-state index in [9.17, 15) is 8.78 Å². The molecule has 1 aromatic carbocycles. The van der Waals surface area contributed by atoms with Crippen molar-refractivity contribution in [2.75, 3.05) is 13.2 Å². The van der Waals surface area contributed by atoms with Crippen molar-refractivity contribution in [2.45, 2.75) is 19.0 Å². The molecule has 0 saturated carbocycles. The Morgan fingerprint density at radius 2 is 2.07 bits per heavy atom. The molecule has 1 unspecified atom stereocenters. The molecule has 1 aliphatic rings. The normalized spacial score (nSPS) is 20.8. The van der Waals surface area contributed by atoms with E-state index in [2.05, 4.69) is 5.32 Å². The SMILES string of the molecule is Fc1cccc(F)c1CNC1CCOC1. The van der Waals surface area contributed by atoms with Crippen molar-refractivity contribution in [3.05, 3.63) is 35.4 Å². The highest BCUT2D eigenvalue weighted by Gasteiger charge is 2.16. The predicted octanol–water partition coefficient (Wildman–Crippen LogP) is 1.84. The monoisotopic (exact) mass is 213 g/mol. The summed E-state index contributed by atoms with van der Waals surface area (Å²) in [6, 6.07) is 4.12. The smallest absolute Gasteiger partial charge is 0.130 e. The average molecular weight is 213 g/mol. The topological polar surface area (TPSA) is 21.3 Å². The summed E-state index contributed by atoms with van der Waals surface area (Å²) in [6.45, 7) is 1.56. The molecule has 0 bridgehead atoms. The van der Waals surface area contributed by atoms with Gasteiger partial charge in [0.05, 0.1) is 6.61 Å². The fourth-order valence-electron chi connectivity index (χ4n) is 1.64. The summed E-state index contributed by atoms with van der Waals surface area (Å²) in [5.41, 5.74) is 0.101. The standard InChI is InChI=1S/C11H13F2NO/c12-10-2-1-3-11(13)9(10)6-14-8-4-5-15-7-8/h1-3,8,14H,4-7H2. The quantitative estimate of drug-likeness (QED) is 0.827. The van der Waals surface area contributed by atoms with Gasteiger partial charge in [-0.15, -0.1) is 0 Å². The van der Waals surface area contributed by atoms with Gasteiger partial charge < -0.3 is 10.1 Å². The lowest BCUT2D eigenvalue weighted by atomic mass is 10.1. The van der Waals surface area contributed by atoms with Crippen LogP contribution in [0.4, 0.5) is 8.78 Å². The van der Waals surface area contributed by atoms with E-state index >= 15 is 0 Å². The minimum Gasteiger partial charge on any atom is -0.380 e. The van der Waals surface area contributed by atoms with Crippen LogP contribution < -0.4 is 5.32 Å². The Balaban J connectivity index is 1.97. The highest BCUT2D eigenvalue weighted by Crippen LogP contribution is 2.12. The van der Waals surface area contributed by atoms with Crippen molar-refractivity contribution in [1.29, 1.82) is 0 Å². The first-order valence-corrected chi connectivity index (χ1v) is 5.01. The van der Waals surface area contributed by atoms with E-state index < -0.39 is 11.6 Å². The molecule has 1 atom stereocenters. The third-order valence-corrected chi connectivity index (χ3v) is 2.56. The molecular weight excluding hydrogens is 200 g/mol. The number of benzene rings is 1. The van der Waals surface area contributed by atoms with Gasteiger partial charge in [-0.05, 0) is 18.6 Å². The molecule has 0 radical (unpaired) electrons. The molecule has 1 aromatic rings. The highest BCUT2D eigenvalue weighted by atomic mass is 19.1. The van der Waals surface area contributed by atoms with Crippen LogP contribution in [0.5, 0.6) is 0 Å². The van der Waals surface area contributed by atoms with Gasteiger partial charge in [0.15, 0.2) is 0 Å². The molecule has 2 nitrogen and oxygen atoms in total. The maximum absolute atomic E-state index is 13.2. The van der Waals surface area contributed by atoms with Crippen molar-refractivity contribution < 1.29 is 13.5 Å². The first-order valence-electron chi connectivity index (χ1n) is 5.01. The van der Waals surface area contributed by atoms with Crippen molar-refractivity contribution in [2.24, 2.45) is 0 Å². The maximum atomic E-state index is 13.2. The fraction of sp³-hybridized carbons (Fsp3) is 0.455. The van der Waals surface area contributed by atoms with Crippen molar-refractivity contribution >= 4 is 0 Å². The lowest BCUT2D eigenvalue weighted by Gasteiger charge is -2.11. The molecule has 82 valence electrons. The number of halogens is 2. The number of rotatable bonds is 3. The van der Waals surface area contributed by atoms with Crippen LogP contribution in [0, 0.1) is 11.6 Å². The van der Waals surface area contributed by atoms with Gasteiger partial charge in [0, 0.05) is 24.8 Å². The van der Waals surface area contributed by atoms with Crippen LogP contribution in [0.25, 0.3) is 0 Å². The van der Waals surface area contributed by atoms with Gasteiger partial charge in [0.2, 0.25) is 0 Å². The molecule has 2 rings (SSSR count). The second-order valence-electron chi connectivity index (χ2n) is 3.64. The molecule has 1 fully saturated rings. The van der Waals surface area contributed by atoms with Crippen LogP contribution in [0.15, 0.2) is 18.2 Å². The molecule has 15 heavy (non-hydrogen) atoms. The van der Waals surface area contributed by atoms with Gasteiger partial charge in [-0.1, -0.05) is 6.07 Å². The Bertz CT molecular complexity index is 317. The van der Waals surface area contributed by atoms with Crippen LogP contribution >= 0.6 is 0 Å². The fourth-order valence-corrected chi connectivity index (χ4v) is 1.64. The van der Waals surface area contributed by atoms with Gasteiger partial charge in [0.1, 0.15) is 11.6 Å². The van der Waals surface area contributed by atoms with E-state index in [0.717, 1.165) is 13.0 Å². The van der Waals surface area contributed by atoms with E-state index in [1.807, 2.05) is 0 Å². The Labute approximate surface area is 87.2 Å². The van der Waals surface area contributed by atoms with Crippen molar-refractivity contribution in [3.8, 4) is 0 Å². The Hall–Kier alpha value is -1.00. The first-order chi connectivity index (χ1) is 7.27. The minimum absolute atomic E-state index is 0.101. The lowest BCUT2D eigenvalue weighted by Crippen LogP contribution is -2.29. The minimum atomic E-state index is -0.499. The molecule has 0 spiro atoms. The van der Waals surface area contributed by atoms with Gasteiger partial charge in [-0.2, -0.15) is 0 Å². The summed E-state index contributed by atoms with van der Waals surface area (Å²) in [6.07, 6.45) is 0.899. The Morgan fingerprint density at radius 3 is 2.67 bits per heavy atom. The highest BCUT2D eigenvalue weighted by molar-refractivity contribution is 5.19. The predicted molar refractivity (Wildman–Crippen MR) is 52.4 cm³/mol. The zero-order valence-electron chi connectivity index (χ0n) is 8.30. The largest absolute Gasteiger partial charge is 0.380 e. The Kier molecular flexibility index (Phi) is 3.28. The van der Waals surface area contributed by atoms with Crippen molar-refractivity contribution in [1.82, 2.24) is 5.32 Å². The van der Waals surface area contributed by atoms with E-state index in [0.29, 0.717) is 6.61 Å². The summed E-state index contributed by atoms with van der Waals surface area (Å²) in [5, 5.41) is 3.07. The lowest BCUT2D eigenvalue weighted by molar-refractivity contribution is 0.189. The summed E-state index contributed by atoms with van der Waals surface area (Å²) < 4.78 is 31.6. The van der Waals surface area contributed by atoms with Crippen molar-refractivity contribution in [3.63, 3.8) is 0 Å². The zero-order chi connectivity index (χ0) is 10.7. The number of ether oxygens (including phenoxy) is 1. The van der Waals surface area contributed by atoms with Gasteiger partial charge in [0.25, 0.3) is 0 Å². The van der Waals surface area contributed by atoms with Gasteiger partial charge in [-0.25, -0.2) is 8.78 Å². The molecule has 0 aliphatic carbocycles. The van der Waals surface area contributed by atoms with Gasteiger partial charge >= 0.3 is 0 Å². The van der Waals surface area contributed by atoms with Crippen LogP contribution in [-0.2, 0) is 11.3 Å². The summed E-state index contributed by atoms with van der Waals surface area (Å²) in [4.78, 5) is 0. The maximum Gasteiger partial charge on any atom is 0.130 e. The average Bonchev–Trinajstić information content (AvgIpc) is 2.70. The summed E-state index contributed by atoms with van der Waals surface area (Å²) in [7, 11) is 0. The molecular formula is C11H13F2NO. The van der Waals surface area contributed by atoms with Crippen LogP contribution in [0.2, 0.25) is 0 Å². The molecule has 0 amide bonds. The number of hydrogen-bond donors (Lipinski definition) is 1. The Morgan fingerprint density at radius 1 is 1.33 bits per heavy atom. The van der Waals surface area contributed by atoms with Crippen LogP contribution in [0.1, 0.15) is 12.0 Å². The summed E-state index contributed by atoms with van der Waals surface area (Å²) >= 11 is 0. The molecule has 1 heterocycles. The third kappa shape index (κ3) is 2.52. The summed E-state index contributed by atoms with van der Waals surface area (Å²) in [5.74, 6) is -0.997. The second-order valence-corrected chi connectivity index (χ2v) is 3.64. The number of hydrogen-bond acceptors (Lipinski definition) is 2. The van der Waals surface area contributed by atoms with E-state index in [1.54, 1.807) is 0 Å². The first kappa shape index (κ1) is 10.5. The third-order valence-electron chi connectivity index (χ3n) is 2.56. The molecule has 4 heteroatoms. The molecule has 1 saturated heterocycles. The molecule has 1 aliphatic heterocycles. The zero-order valence-corrected chi connectivity index (χ0v) is 8.30. The van der Waals surface area contributed by atoms with Gasteiger partial charge in [-0.3, -0.25) is 0 Å². The molecule has 1 N–H and O–H groups in total. The van der Waals surface area contributed by atoms with Crippen LogP contribution in [0.3, 0.4) is 0 Å². The molecule has 0 aromatic heterocycles.